The van der Waals surface area contributed by atoms with Crippen LogP contribution in [-0.2, 0) is 22.4 Å². The summed E-state index contributed by atoms with van der Waals surface area (Å²) in [6, 6.07) is 27.0. The van der Waals surface area contributed by atoms with E-state index in [0.717, 1.165) is 60.4 Å². The predicted molar refractivity (Wildman–Crippen MR) is 149 cm³/mol. The van der Waals surface area contributed by atoms with Gasteiger partial charge in [0.05, 0.1) is 12.1 Å². The fourth-order valence-electron chi connectivity index (χ4n) is 4.88. The molecule has 1 aliphatic rings. The highest BCUT2D eigenvalue weighted by atomic mass is 16.2. The molecule has 1 unspecified atom stereocenters. The van der Waals surface area contributed by atoms with Gasteiger partial charge >= 0.3 is 0 Å². The molecular formula is C32H32N4O2. The highest BCUT2D eigenvalue weighted by molar-refractivity contribution is 6.17. The lowest BCUT2D eigenvalue weighted by atomic mass is 9.89. The first-order valence-electron chi connectivity index (χ1n) is 13.3. The molecule has 1 amide bonds. The van der Waals surface area contributed by atoms with Gasteiger partial charge in [-0.15, -0.1) is 0 Å². The Morgan fingerprint density at radius 3 is 2.42 bits per heavy atom. The van der Waals surface area contributed by atoms with E-state index in [1.807, 2.05) is 30.3 Å². The molecule has 6 nitrogen and oxygen atoms in total. The lowest BCUT2D eigenvalue weighted by Gasteiger charge is -2.16. The average Bonchev–Trinajstić information content (AvgIpc) is 3.54. The molecule has 1 saturated heterocycles. The number of H-pyrrole nitrogens is 1. The normalized spacial score (nSPS) is 15.1. The van der Waals surface area contributed by atoms with Gasteiger partial charge in [0, 0.05) is 12.3 Å². The van der Waals surface area contributed by atoms with Gasteiger partial charge in [0.15, 0.2) is 11.6 Å². The molecule has 0 spiro atoms. The molecule has 0 saturated carbocycles. The second-order valence-corrected chi connectivity index (χ2v) is 9.74. The Morgan fingerprint density at radius 2 is 1.68 bits per heavy atom. The van der Waals surface area contributed by atoms with E-state index in [2.05, 4.69) is 71.0 Å². The Hall–Kier alpha value is -4.32. The van der Waals surface area contributed by atoms with Gasteiger partial charge in [-0.2, -0.15) is 5.10 Å². The summed E-state index contributed by atoms with van der Waals surface area (Å²) in [6.07, 6.45) is 6.62. The number of rotatable bonds is 10. The molecular weight excluding hydrogens is 472 g/mol. The minimum Gasteiger partial charge on any atom is -0.323 e. The molecule has 1 aliphatic heterocycles. The van der Waals surface area contributed by atoms with Gasteiger partial charge in [-0.1, -0.05) is 92.2 Å². The van der Waals surface area contributed by atoms with Crippen molar-refractivity contribution in [2.24, 2.45) is 0 Å². The number of hydrogen-bond donors (Lipinski definition) is 2. The van der Waals surface area contributed by atoms with Crippen molar-refractivity contribution in [1.82, 2.24) is 20.5 Å². The van der Waals surface area contributed by atoms with Crippen molar-refractivity contribution in [3.05, 3.63) is 113 Å². The van der Waals surface area contributed by atoms with E-state index in [1.54, 1.807) is 6.08 Å². The van der Waals surface area contributed by atoms with Gasteiger partial charge in [0.2, 0.25) is 5.91 Å². The Kier molecular flexibility index (Phi) is 7.88. The van der Waals surface area contributed by atoms with E-state index in [4.69, 9.17) is 4.98 Å². The minimum absolute atomic E-state index is 0.0690. The van der Waals surface area contributed by atoms with Crippen molar-refractivity contribution in [1.29, 1.82) is 0 Å². The average molecular weight is 505 g/mol. The zero-order valence-electron chi connectivity index (χ0n) is 21.6. The number of aromatic nitrogens is 3. The highest BCUT2D eigenvalue weighted by Gasteiger charge is 2.24. The molecule has 6 heteroatoms. The van der Waals surface area contributed by atoms with Gasteiger partial charge in [-0.05, 0) is 53.2 Å². The van der Waals surface area contributed by atoms with Gasteiger partial charge in [0.1, 0.15) is 5.82 Å². The second-order valence-electron chi connectivity index (χ2n) is 9.74. The van der Waals surface area contributed by atoms with Crippen LogP contribution in [0.3, 0.4) is 0 Å². The van der Waals surface area contributed by atoms with Crippen molar-refractivity contribution in [2.45, 2.75) is 51.4 Å². The molecule has 4 aromatic rings. The lowest BCUT2D eigenvalue weighted by Crippen LogP contribution is -2.12. The zero-order chi connectivity index (χ0) is 26.3. The first kappa shape index (κ1) is 25.3. The third-order valence-corrected chi connectivity index (χ3v) is 6.97. The maximum absolute atomic E-state index is 12.1. The summed E-state index contributed by atoms with van der Waals surface area (Å²) in [7, 11) is 0. The van der Waals surface area contributed by atoms with Crippen LogP contribution < -0.4 is 5.32 Å². The van der Waals surface area contributed by atoms with E-state index in [0.29, 0.717) is 5.70 Å². The summed E-state index contributed by atoms with van der Waals surface area (Å²) in [6.45, 7) is 2.18. The van der Waals surface area contributed by atoms with E-state index < -0.39 is 0 Å². The quantitative estimate of drug-likeness (QED) is 0.205. The molecule has 5 rings (SSSR count). The first-order chi connectivity index (χ1) is 18.6. The Labute approximate surface area is 223 Å². The number of aromatic amines is 1. The molecule has 192 valence electrons. The van der Waals surface area contributed by atoms with Gasteiger partial charge in [-0.3, -0.25) is 14.7 Å². The summed E-state index contributed by atoms with van der Waals surface area (Å²) >= 11 is 0. The number of ketones is 1. The summed E-state index contributed by atoms with van der Waals surface area (Å²) in [4.78, 5) is 28.6. The van der Waals surface area contributed by atoms with E-state index in [9.17, 15) is 9.59 Å². The highest BCUT2D eigenvalue weighted by Crippen LogP contribution is 2.31. The fourth-order valence-corrected chi connectivity index (χ4v) is 4.88. The first-order valence-corrected chi connectivity index (χ1v) is 13.3. The topological polar surface area (TPSA) is 87.7 Å². The molecule has 2 N–H and O–H groups in total. The monoisotopic (exact) mass is 504 g/mol. The standard InChI is InChI=1S/C32H32N4O2/c1-2-3-13-30-34-32(36-35-30)27(19-14-22-9-5-4-6-10-22)24-17-15-23(16-18-24)26-12-8-7-11-25(26)20-28-29(37)21-31(38)33-28/h4-12,15-18,20,27H,2-3,13-14,19,21H2,1H3,(H,33,38)(H,34,35,36)/b28-20-. The van der Waals surface area contributed by atoms with Crippen LogP contribution in [0.2, 0.25) is 0 Å². The molecule has 1 atom stereocenters. The maximum atomic E-state index is 12.1. The van der Waals surface area contributed by atoms with E-state index in [-0.39, 0.29) is 24.0 Å². The molecule has 0 radical (unpaired) electrons. The van der Waals surface area contributed by atoms with Crippen molar-refractivity contribution in [3.8, 4) is 11.1 Å². The van der Waals surface area contributed by atoms with Crippen molar-refractivity contribution in [2.75, 3.05) is 0 Å². The number of Topliss-reactive ketones (excluding diaryl/α,β-unsaturated/α-hetero) is 1. The van der Waals surface area contributed by atoms with Crippen LogP contribution in [0.5, 0.6) is 0 Å². The summed E-state index contributed by atoms with van der Waals surface area (Å²) in [5, 5.41) is 10.4. The number of benzene rings is 3. The molecule has 2 heterocycles. The number of unbranched alkanes of at least 4 members (excludes halogenated alkanes) is 1. The molecule has 1 aromatic heterocycles. The molecule has 38 heavy (non-hydrogen) atoms. The van der Waals surface area contributed by atoms with Crippen LogP contribution in [0.4, 0.5) is 0 Å². The number of allylic oxidation sites excluding steroid dienone is 1. The van der Waals surface area contributed by atoms with E-state index >= 15 is 0 Å². The Balaban J connectivity index is 1.42. The smallest absolute Gasteiger partial charge is 0.232 e. The fraction of sp³-hybridized carbons (Fsp3) is 0.250. The third kappa shape index (κ3) is 5.97. The van der Waals surface area contributed by atoms with Crippen LogP contribution in [-0.4, -0.2) is 26.9 Å². The number of nitrogens with zero attached hydrogens (tertiary/aromatic N) is 2. The summed E-state index contributed by atoms with van der Waals surface area (Å²) in [5.74, 6) is 1.42. The Bertz CT molecular complexity index is 1440. The molecule has 1 fully saturated rings. The van der Waals surface area contributed by atoms with Crippen molar-refractivity contribution in [3.63, 3.8) is 0 Å². The van der Waals surface area contributed by atoms with Gasteiger partial charge < -0.3 is 5.32 Å². The number of amides is 1. The summed E-state index contributed by atoms with van der Waals surface area (Å²) in [5.41, 5.74) is 5.75. The largest absolute Gasteiger partial charge is 0.323 e. The van der Waals surface area contributed by atoms with E-state index in [1.165, 1.54) is 11.1 Å². The maximum Gasteiger partial charge on any atom is 0.232 e. The van der Waals surface area contributed by atoms with Crippen LogP contribution in [0.1, 0.15) is 66.9 Å². The minimum atomic E-state index is -0.255. The second kappa shape index (κ2) is 11.8. The Morgan fingerprint density at radius 1 is 0.921 bits per heavy atom. The van der Waals surface area contributed by atoms with Crippen LogP contribution in [0, 0.1) is 0 Å². The number of carbonyl (C=O) groups is 2. The van der Waals surface area contributed by atoms with Crippen LogP contribution >= 0.6 is 0 Å². The van der Waals surface area contributed by atoms with Crippen LogP contribution in [0.25, 0.3) is 17.2 Å². The SMILES string of the molecule is CCCCc1nc(C(CCc2ccccc2)c2ccc(-c3ccccc3/C=C3\NC(=O)CC3=O)cc2)n[nH]1. The molecule has 3 aromatic carbocycles. The van der Waals surface area contributed by atoms with Gasteiger partial charge in [-0.25, -0.2) is 4.98 Å². The molecule has 0 aliphatic carbocycles. The molecule has 0 bridgehead atoms. The number of nitrogens with one attached hydrogen (secondary N) is 2. The number of aryl methyl sites for hydroxylation is 2. The lowest BCUT2D eigenvalue weighted by molar-refractivity contribution is -0.121. The van der Waals surface area contributed by atoms with Crippen molar-refractivity contribution >= 4 is 17.8 Å². The predicted octanol–water partition coefficient (Wildman–Crippen LogP) is 6.01. The number of carbonyl (C=O) groups excluding carboxylic acids is 2. The third-order valence-electron chi connectivity index (χ3n) is 6.97. The number of hydrogen-bond acceptors (Lipinski definition) is 4. The van der Waals surface area contributed by atoms with Crippen molar-refractivity contribution < 1.29 is 9.59 Å². The van der Waals surface area contributed by atoms with Crippen LogP contribution in [0.15, 0.2) is 84.6 Å². The van der Waals surface area contributed by atoms with Gasteiger partial charge in [0.25, 0.3) is 0 Å². The summed E-state index contributed by atoms with van der Waals surface area (Å²) < 4.78 is 0. The zero-order valence-corrected chi connectivity index (χ0v) is 21.6.